The van der Waals surface area contributed by atoms with Crippen LogP contribution in [-0.2, 0) is 4.74 Å². The first-order chi connectivity index (χ1) is 12.6. The van der Waals surface area contributed by atoms with Crippen LogP contribution in [0.5, 0.6) is 0 Å². The molecule has 138 valence electrons. The van der Waals surface area contributed by atoms with Crippen molar-refractivity contribution in [3.63, 3.8) is 0 Å². The minimum absolute atomic E-state index is 0.0390. The van der Waals surface area contributed by atoms with E-state index >= 15 is 0 Å². The van der Waals surface area contributed by atoms with E-state index in [-0.39, 0.29) is 17.7 Å². The molecule has 7 heteroatoms. The van der Waals surface area contributed by atoms with Gasteiger partial charge in [0.25, 0.3) is 0 Å². The van der Waals surface area contributed by atoms with E-state index in [1.165, 1.54) is 0 Å². The molecule has 7 nitrogen and oxygen atoms in total. The number of aromatic nitrogens is 2. The molecule has 1 spiro atoms. The van der Waals surface area contributed by atoms with E-state index < -0.39 is 0 Å². The molecule has 2 saturated heterocycles. The first kappa shape index (κ1) is 17.0. The highest BCUT2D eigenvalue weighted by Crippen LogP contribution is 2.36. The minimum atomic E-state index is -0.344. The highest BCUT2D eigenvalue weighted by Gasteiger charge is 2.42. The molecule has 0 aliphatic carbocycles. The molecule has 0 unspecified atom stereocenters. The predicted octanol–water partition coefficient (Wildman–Crippen LogP) is 3.07. The van der Waals surface area contributed by atoms with Crippen LogP contribution in [-0.4, -0.2) is 46.4 Å². The first-order valence-electron chi connectivity index (χ1n) is 9.15. The van der Waals surface area contributed by atoms with Crippen LogP contribution < -0.4 is 5.32 Å². The van der Waals surface area contributed by atoms with Crippen molar-refractivity contribution in [3.05, 3.63) is 35.7 Å². The van der Waals surface area contributed by atoms with E-state index in [2.05, 4.69) is 15.5 Å². The molecular weight excluding hydrogens is 332 g/mol. The molecule has 0 radical (unpaired) electrons. The zero-order valence-electron chi connectivity index (χ0n) is 15.2. The Morgan fingerprint density at radius 2 is 2.00 bits per heavy atom. The van der Waals surface area contributed by atoms with Gasteiger partial charge in [-0.2, -0.15) is 4.98 Å². The Balaban J connectivity index is 1.37. The number of carbonyl (C=O) groups excluding carboxylic acids is 1. The zero-order valence-corrected chi connectivity index (χ0v) is 15.2. The number of nitrogens with one attached hydrogen (secondary N) is 1. The summed E-state index contributed by atoms with van der Waals surface area (Å²) in [4.78, 5) is 18.8. The molecule has 1 aromatic carbocycles. The van der Waals surface area contributed by atoms with Crippen molar-refractivity contribution in [2.45, 2.75) is 44.8 Å². The third-order valence-electron chi connectivity index (χ3n) is 5.47. The zero-order chi connectivity index (χ0) is 18.1. The van der Waals surface area contributed by atoms with Crippen LogP contribution in [0.2, 0.25) is 0 Å². The van der Waals surface area contributed by atoms with Crippen molar-refractivity contribution in [2.24, 2.45) is 0 Å². The van der Waals surface area contributed by atoms with Crippen LogP contribution in [0.4, 0.5) is 4.79 Å². The highest BCUT2D eigenvalue weighted by molar-refractivity contribution is 5.74. The summed E-state index contributed by atoms with van der Waals surface area (Å²) in [5, 5.41) is 7.02. The monoisotopic (exact) mass is 356 g/mol. The van der Waals surface area contributed by atoms with Crippen LogP contribution in [0.15, 0.2) is 28.8 Å². The quantitative estimate of drug-likeness (QED) is 0.914. The summed E-state index contributed by atoms with van der Waals surface area (Å²) in [5.74, 6) is 0.952. The lowest BCUT2D eigenvalue weighted by Crippen LogP contribution is -2.55. The Bertz CT molecular complexity index is 790. The van der Waals surface area contributed by atoms with Gasteiger partial charge in [-0.3, -0.25) is 0 Å². The normalized spacial score (nSPS) is 19.8. The van der Waals surface area contributed by atoms with Crippen molar-refractivity contribution < 1.29 is 14.1 Å². The number of rotatable bonds is 3. The number of ether oxygens (including phenoxy) is 1. The summed E-state index contributed by atoms with van der Waals surface area (Å²) in [6.45, 7) is 6.15. The number of hydrogen-bond donors (Lipinski definition) is 1. The number of nitrogens with zero attached hydrogens (tertiary/aromatic N) is 3. The second kappa shape index (κ2) is 6.72. The maximum atomic E-state index is 12.5. The summed E-state index contributed by atoms with van der Waals surface area (Å²) in [6, 6.07) is 7.44. The van der Waals surface area contributed by atoms with E-state index in [9.17, 15) is 4.79 Å². The second-order valence-corrected chi connectivity index (χ2v) is 7.21. The molecule has 2 aliphatic heterocycles. The molecule has 2 aromatic rings. The fraction of sp³-hybridized carbons (Fsp3) is 0.526. The second-order valence-electron chi connectivity index (χ2n) is 7.21. The van der Waals surface area contributed by atoms with Gasteiger partial charge in [0.2, 0.25) is 11.7 Å². The smallest absolute Gasteiger partial charge is 0.318 e. The standard InChI is InChI=1S/C19H24N4O3/c1-13-5-3-4-6-15(13)16-21-17(26-22-16)14(2)20-18(24)23-10-7-19(8-11-23)9-12-25-19/h3-6,14H,7-12H2,1-2H3,(H,20,24)/t14-/m0/s1. The van der Waals surface area contributed by atoms with Crippen molar-refractivity contribution in [3.8, 4) is 11.4 Å². The summed E-state index contributed by atoms with van der Waals surface area (Å²) >= 11 is 0. The molecule has 1 atom stereocenters. The average Bonchev–Trinajstić information content (AvgIpc) is 3.11. The molecule has 2 fully saturated rings. The SMILES string of the molecule is Cc1ccccc1-c1noc([C@H](C)NC(=O)N2CCC3(CCO3)CC2)n1. The van der Waals surface area contributed by atoms with Crippen LogP contribution >= 0.6 is 0 Å². The average molecular weight is 356 g/mol. The Labute approximate surface area is 152 Å². The predicted molar refractivity (Wildman–Crippen MR) is 95.5 cm³/mol. The van der Waals surface area contributed by atoms with E-state index in [1.807, 2.05) is 43.0 Å². The maximum absolute atomic E-state index is 12.5. The van der Waals surface area contributed by atoms with Gasteiger partial charge >= 0.3 is 6.03 Å². The number of urea groups is 1. The van der Waals surface area contributed by atoms with Crippen LogP contribution in [0.1, 0.15) is 43.7 Å². The number of carbonyl (C=O) groups is 1. The topological polar surface area (TPSA) is 80.5 Å². The highest BCUT2D eigenvalue weighted by atomic mass is 16.5. The third-order valence-corrected chi connectivity index (χ3v) is 5.47. The van der Waals surface area contributed by atoms with Gasteiger partial charge in [0, 0.05) is 18.7 Å². The lowest BCUT2D eigenvalue weighted by molar-refractivity contribution is -0.169. The molecule has 2 amide bonds. The lowest BCUT2D eigenvalue weighted by Gasteiger charge is -2.47. The van der Waals surface area contributed by atoms with Gasteiger partial charge in [-0.25, -0.2) is 4.79 Å². The first-order valence-corrected chi connectivity index (χ1v) is 9.15. The molecule has 1 aromatic heterocycles. The van der Waals surface area contributed by atoms with Gasteiger partial charge in [0.1, 0.15) is 6.04 Å². The van der Waals surface area contributed by atoms with E-state index in [1.54, 1.807) is 0 Å². The van der Waals surface area contributed by atoms with E-state index in [4.69, 9.17) is 9.26 Å². The Morgan fingerprint density at radius 1 is 1.27 bits per heavy atom. The van der Waals surface area contributed by atoms with Crippen LogP contribution in [0, 0.1) is 6.92 Å². The Morgan fingerprint density at radius 3 is 2.65 bits per heavy atom. The Hall–Kier alpha value is -2.41. The summed E-state index contributed by atoms with van der Waals surface area (Å²) in [6.07, 6.45) is 2.93. The molecule has 4 rings (SSSR count). The number of aryl methyl sites for hydroxylation is 1. The molecule has 0 bridgehead atoms. The fourth-order valence-corrected chi connectivity index (χ4v) is 3.58. The molecule has 1 N–H and O–H groups in total. The molecule has 0 saturated carbocycles. The van der Waals surface area contributed by atoms with E-state index in [0.717, 1.165) is 50.1 Å². The van der Waals surface area contributed by atoms with E-state index in [0.29, 0.717) is 11.7 Å². The van der Waals surface area contributed by atoms with Crippen LogP contribution in [0.25, 0.3) is 11.4 Å². The van der Waals surface area contributed by atoms with Crippen molar-refractivity contribution in [2.75, 3.05) is 19.7 Å². The largest absolute Gasteiger partial charge is 0.375 e. The van der Waals surface area contributed by atoms with Gasteiger partial charge in [0.15, 0.2) is 0 Å². The fourth-order valence-electron chi connectivity index (χ4n) is 3.58. The molecule has 3 heterocycles. The Kier molecular flexibility index (Phi) is 4.40. The number of benzene rings is 1. The van der Waals surface area contributed by atoms with Gasteiger partial charge in [-0.05, 0) is 38.7 Å². The number of amides is 2. The molecular formula is C19H24N4O3. The summed E-state index contributed by atoms with van der Waals surface area (Å²) in [7, 11) is 0. The summed E-state index contributed by atoms with van der Waals surface area (Å²) in [5.41, 5.74) is 2.05. The van der Waals surface area contributed by atoms with Gasteiger partial charge in [-0.1, -0.05) is 29.4 Å². The number of likely N-dealkylation sites (tertiary alicyclic amines) is 1. The lowest BCUT2D eigenvalue weighted by atomic mass is 9.84. The summed E-state index contributed by atoms with van der Waals surface area (Å²) < 4.78 is 11.1. The van der Waals surface area contributed by atoms with Gasteiger partial charge in [-0.15, -0.1) is 0 Å². The van der Waals surface area contributed by atoms with Crippen molar-refractivity contribution >= 4 is 6.03 Å². The van der Waals surface area contributed by atoms with Crippen molar-refractivity contribution in [1.82, 2.24) is 20.4 Å². The maximum Gasteiger partial charge on any atom is 0.318 e. The third kappa shape index (κ3) is 3.19. The van der Waals surface area contributed by atoms with Crippen molar-refractivity contribution in [1.29, 1.82) is 0 Å². The number of hydrogen-bond acceptors (Lipinski definition) is 5. The van der Waals surface area contributed by atoms with Gasteiger partial charge in [0.05, 0.1) is 12.2 Å². The van der Waals surface area contributed by atoms with Gasteiger partial charge < -0.3 is 19.5 Å². The molecule has 26 heavy (non-hydrogen) atoms. The minimum Gasteiger partial charge on any atom is -0.375 e. The van der Waals surface area contributed by atoms with Crippen LogP contribution in [0.3, 0.4) is 0 Å². The molecule has 2 aliphatic rings. The number of piperidine rings is 1.